The van der Waals surface area contributed by atoms with E-state index in [1.54, 1.807) is 18.6 Å². The minimum absolute atomic E-state index is 0.237. The molecular formula is C19H20FN5. The minimum Gasteiger partial charge on any atom is -0.353 e. The monoisotopic (exact) mass is 337 g/mol. The first-order valence-corrected chi connectivity index (χ1v) is 8.49. The molecule has 128 valence electrons. The molecule has 3 heterocycles. The molecule has 0 spiro atoms. The van der Waals surface area contributed by atoms with Crippen LogP contribution in [0.5, 0.6) is 0 Å². The average molecular weight is 337 g/mol. The number of halogens is 1. The van der Waals surface area contributed by atoms with Gasteiger partial charge in [-0.3, -0.25) is 9.88 Å². The van der Waals surface area contributed by atoms with Crippen molar-refractivity contribution in [3.8, 4) is 0 Å². The average Bonchev–Trinajstić information content (AvgIpc) is 2.64. The number of benzene rings is 1. The van der Waals surface area contributed by atoms with Gasteiger partial charge in [-0.1, -0.05) is 12.1 Å². The predicted molar refractivity (Wildman–Crippen MR) is 95.8 cm³/mol. The summed E-state index contributed by atoms with van der Waals surface area (Å²) < 4.78 is 13.9. The normalized spacial score (nSPS) is 18.6. The van der Waals surface area contributed by atoms with Crippen LogP contribution in [0.4, 0.5) is 10.2 Å². The van der Waals surface area contributed by atoms with Gasteiger partial charge in [0.25, 0.3) is 0 Å². The molecule has 3 aromatic rings. The van der Waals surface area contributed by atoms with Gasteiger partial charge in [0.2, 0.25) is 0 Å². The first-order valence-electron chi connectivity index (χ1n) is 8.49. The Balaban J connectivity index is 1.52. The van der Waals surface area contributed by atoms with E-state index in [1.807, 2.05) is 18.2 Å². The van der Waals surface area contributed by atoms with Gasteiger partial charge in [-0.05, 0) is 25.1 Å². The van der Waals surface area contributed by atoms with Gasteiger partial charge in [-0.15, -0.1) is 0 Å². The van der Waals surface area contributed by atoms with Gasteiger partial charge < -0.3 is 4.90 Å². The number of rotatable bonds is 3. The van der Waals surface area contributed by atoms with Crippen molar-refractivity contribution in [3.63, 3.8) is 0 Å². The van der Waals surface area contributed by atoms with E-state index in [2.05, 4.69) is 37.7 Å². The first kappa shape index (κ1) is 15.9. The van der Waals surface area contributed by atoms with Crippen LogP contribution in [0, 0.1) is 5.82 Å². The molecule has 0 aliphatic carbocycles. The topological polar surface area (TPSA) is 45.2 Å². The van der Waals surface area contributed by atoms with Crippen LogP contribution >= 0.6 is 0 Å². The van der Waals surface area contributed by atoms with Crippen LogP contribution in [0.3, 0.4) is 0 Å². The van der Waals surface area contributed by atoms with Crippen molar-refractivity contribution in [3.05, 3.63) is 60.4 Å². The summed E-state index contributed by atoms with van der Waals surface area (Å²) in [6, 6.07) is 10.1. The second-order valence-electron chi connectivity index (χ2n) is 6.45. The molecule has 1 aliphatic rings. The Morgan fingerprint density at radius 2 is 2.04 bits per heavy atom. The molecule has 1 fully saturated rings. The molecule has 1 unspecified atom stereocenters. The maximum atomic E-state index is 13.9. The largest absolute Gasteiger partial charge is 0.353 e. The molecule has 0 amide bonds. The van der Waals surface area contributed by atoms with E-state index in [1.165, 1.54) is 6.20 Å². The van der Waals surface area contributed by atoms with Crippen LogP contribution in [-0.4, -0.2) is 45.5 Å². The van der Waals surface area contributed by atoms with Crippen molar-refractivity contribution < 1.29 is 4.39 Å². The number of aromatic nitrogens is 3. The highest BCUT2D eigenvalue weighted by atomic mass is 19.1. The summed E-state index contributed by atoms with van der Waals surface area (Å²) in [5, 5.41) is 1.07. The predicted octanol–water partition coefficient (Wildman–Crippen LogP) is 2.87. The Morgan fingerprint density at radius 1 is 1.16 bits per heavy atom. The zero-order valence-electron chi connectivity index (χ0n) is 14.1. The number of para-hydroxylation sites is 1. The van der Waals surface area contributed by atoms with Crippen LogP contribution in [0.15, 0.2) is 49.1 Å². The van der Waals surface area contributed by atoms with E-state index >= 15 is 0 Å². The van der Waals surface area contributed by atoms with Crippen molar-refractivity contribution in [2.75, 3.05) is 24.5 Å². The van der Waals surface area contributed by atoms with Crippen molar-refractivity contribution in [1.29, 1.82) is 0 Å². The van der Waals surface area contributed by atoms with E-state index in [0.717, 1.165) is 36.4 Å². The SMILES string of the molecule is CC1CN(c2ncnc3ccccc23)CCN1Cc1ccncc1F. The summed E-state index contributed by atoms with van der Waals surface area (Å²) in [6.07, 6.45) is 4.55. The molecule has 1 atom stereocenters. The van der Waals surface area contributed by atoms with Crippen molar-refractivity contribution in [2.24, 2.45) is 0 Å². The molecular weight excluding hydrogens is 317 g/mol. The summed E-state index contributed by atoms with van der Waals surface area (Å²) in [5.74, 6) is 0.742. The summed E-state index contributed by atoms with van der Waals surface area (Å²) >= 11 is 0. The van der Waals surface area contributed by atoms with Crippen LogP contribution in [0.2, 0.25) is 0 Å². The second kappa shape index (κ2) is 6.72. The third kappa shape index (κ3) is 3.17. The standard InChI is InChI=1S/C19H20FN5/c1-14-11-25(19-16-4-2-3-5-18(16)22-13-23-19)9-8-24(14)12-15-6-7-21-10-17(15)20/h2-7,10,13-14H,8-9,11-12H2,1H3. The highest BCUT2D eigenvalue weighted by molar-refractivity contribution is 5.89. The third-order valence-corrected chi connectivity index (χ3v) is 4.82. The maximum Gasteiger partial charge on any atom is 0.145 e. The first-order chi connectivity index (χ1) is 12.2. The smallest absolute Gasteiger partial charge is 0.145 e. The lowest BCUT2D eigenvalue weighted by Crippen LogP contribution is -2.51. The number of pyridine rings is 1. The van der Waals surface area contributed by atoms with Gasteiger partial charge >= 0.3 is 0 Å². The third-order valence-electron chi connectivity index (χ3n) is 4.82. The number of hydrogen-bond acceptors (Lipinski definition) is 5. The highest BCUT2D eigenvalue weighted by Crippen LogP contribution is 2.25. The molecule has 0 radical (unpaired) electrons. The molecule has 1 saturated heterocycles. The molecule has 0 saturated carbocycles. The summed E-state index contributed by atoms with van der Waals surface area (Å²) in [7, 11) is 0. The van der Waals surface area contributed by atoms with E-state index in [4.69, 9.17) is 0 Å². The number of hydrogen-bond donors (Lipinski definition) is 0. The van der Waals surface area contributed by atoms with E-state index in [9.17, 15) is 4.39 Å². The van der Waals surface area contributed by atoms with Gasteiger partial charge in [0.1, 0.15) is 18.0 Å². The van der Waals surface area contributed by atoms with Crippen molar-refractivity contribution in [2.45, 2.75) is 19.5 Å². The molecule has 1 aliphatic heterocycles. The zero-order valence-corrected chi connectivity index (χ0v) is 14.1. The van der Waals surface area contributed by atoms with Gasteiger partial charge in [0, 0.05) is 49.4 Å². The van der Waals surface area contributed by atoms with E-state index < -0.39 is 0 Å². The summed E-state index contributed by atoms with van der Waals surface area (Å²) in [4.78, 5) is 17.3. The van der Waals surface area contributed by atoms with Crippen LogP contribution in [0.1, 0.15) is 12.5 Å². The molecule has 25 heavy (non-hydrogen) atoms. The summed E-state index contributed by atoms with van der Waals surface area (Å²) in [5.41, 5.74) is 1.66. The zero-order chi connectivity index (χ0) is 17.2. The molecule has 0 bridgehead atoms. The Morgan fingerprint density at radius 3 is 2.88 bits per heavy atom. The second-order valence-corrected chi connectivity index (χ2v) is 6.45. The van der Waals surface area contributed by atoms with Gasteiger partial charge in [-0.25, -0.2) is 14.4 Å². The Kier molecular flexibility index (Phi) is 4.28. The lowest BCUT2D eigenvalue weighted by Gasteiger charge is -2.40. The van der Waals surface area contributed by atoms with Crippen LogP contribution < -0.4 is 4.90 Å². The molecule has 0 N–H and O–H groups in total. The fourth-order valence-corrected chi connectivity index (χ4v) is 3.42. The Labute approximate surface area is 146 Å². The van der Waals surface area contributed by atoms with Gasteiger partial charge in [0.15, 0.2) is 0 Å². The number of piperazine rings is 1. The summed E-state index contributed by atoms with van der Waals surface area (Å²) in [6.45, 7) is 5.36. The Hall–Kier alpha value is -2.60. The highest BCUT2D eigenvalue weighted by Gasteiger charge is 2.26. The number of nitrogens with zero attached hydrogens (tertiary/aromatic N) is 5. The maximum absolute atomic E-state index is 13.9. The molecule has 5 nitrogen and oxygen atoms in total. The quantitative estimate of drug-likeness (QED) is 0.735. The van der Waals surface area contributed by atoms with E-state index in [-0.39, 0.29) is 5.82 Å². The van der Waals surface area contributed by atoms with Gasteiger partial charge in [0.05, 0.1) is 11.7 Å². The fraction of sp³-hybridized carbons (Fsp3) is 0.316. The molecule has 4 rings (SSSR count). The minimum atomic E-state index is -0.237. The van der Waals surface area contributed by atoms with Crippen molar-refractivity contribution >= 4 is 16.7 Å². The van der Waals surface area contributed by atoms with E-state index in [0.29, 0.717) is 18.2 Å². The van der Waals surface area contributed by atoms with Gasteiger partial charge in [-0.2, -0.15) is 0 Å². The van der Waals surface area contributed by atoms with Crippen molar-refractivity contribution in [1.82, 2.24) is 19.9 Å². The number of fused-ring (bicyclic) bond motifs is 1. The lowest BCUT2D eigenvalue weighted by molar-refractivity contribution is 0.178. The fourth-order valence-electron chi connectivity index (χ4n) is 3.42. The van der Waals surface area contributed by atoms with Crippen LogP contribution in [-0.2, 0) is 6.54 Å². The number of anilines is 1. The molecule has 2 aromatic heterocycles. The molecule has 6 heteroatoms. The Bertz CT molecular complexity index is 879. The van der Waals surface area contributed by atoms with Crippen LogP contribution in [0.25, 0.3) is 10.9 Å². The lowest BCUT2D eigenvalue weighted by atomic mass is 10.1. The molecule has 1 aromatic carbocycles.